The predicted molar refractivity (Wildman–Crippen MR) is 98.9 cm³/mol. The molecule has 0 bridgehead atoms. The molecular formula is C17H33N3O5S. The van der Waals surface area contributed by atoms with E-state index in [1.54, 1.807) is 6.92 Å². The monoisotopic (exact) mass is 391 g/mol. The number of morpholine rings is 1. The summed E-state index contributed by atoms with van der Waals surface area (Å²) in [5, 5.41) is 0. The molecule has 2 atom stereocenters. The van der Waals surface area contributed by atoms with Gasteiger partial charge in [0.05, 0.1) is 25.2 Å². The SMILES string of the molecule is CCOC(=O)[C@@H]1CCCN(S(=O)(=O)NC[C@@H]2CN(CC(C)C)CCO2)C1. The molecule has 0 aromatic rings. The lowest BCUT2D eigenvalue weighted by molar-refractivity contribution is -0.149. The van der Waals surface area contributed by atoms with Gasteiger partial charge in [-0.2, -0.15) is 17.4 Å². The summed E-state index contributed by atoms with van der Waals surface area (Å²) in [4.78, 5) is 14.2. The van der Waals surface area contributed by atoms with E-state index < -0.39 is 10.2 Å². The van der Waals surface area contributed by atoms with Crippen molar-refractivity contribution in [3.8, 4) is 0 Å². The number of hydrogen-bond acceptors (Lipinski definition) is 6. The standard InChI is InChI=1S/C17H33N3O5S/c1-4-24-17(21)15-6-5-7-20(12-15)26(22,23)18-10-16-13-19(8-9-25-16)11-14(2)3/h14-16,18H,4-13H2,1-3H3/t15-,16-/m1/s1. The molecule has 2 rings (SSSR count). The second-order valence-corrected chi connectivity index (χ2v) is 9.20. The number of carbonyl (C=O) groups is 1. The molecule has 2 saturated heterocycles. The minimum atomic E-state index is -3.63. The van der Waals surface area contributed by atoms with Crippen molar-refractivity contribution in [2.45, 2.75) is 39.7 Å². The summed E-state index contributed by atoms with van der Waals surface area (Å²) < 4.78 is 40.0. The van der Waals surface area contributed by atoms with Gasteiger partial charge in [-0.15, -0.1) is 0 Å². The van der Waals surface area contributed by atoms with Crippen molar-refractivity contribution in [3.63, 3.8) is 0 Å². The Bertz CT molecular complexity index is 555. The van der Waals surface area contributed by atoms with Gasteiger partial charge in [-0.25, -0.2) is 0 Å². The van der Waals surface area contributed by atoms with Crippen LogP contribution >= 0.6 is 0 Å². The van der Waals surface area contributed by atoms with Crippen LogP contribution in [0.25, 0.3) is 0 Å². The highest BCUT2D eigenvalue weighted by molar-refractivity contribution is 7.87. The van der Waals surface area contributed by atoms with Gasteiger partial charge in [0.2, 0.25) is 0 Å². The highest BCUT2D eigenvalue weighted by Gasteiger charge is 2.33. The van der Waals surface area contributed by atoms with Gasteiger partial charge in [-0.1, -0.05) is 13.8 Å². The lowest BCUT2D eigenvalue weighted by Gasteiger charge is -2.35. The fraction of sp³-hybridized carbons (Fsp3) is 0.941. The van der Waals surface area contributed by atoms with E-state index in [1.165, 1.54) is 4.31 Å². The van der Waals surface area contributed by atoms with Gasteiger partial charge in [0.15, 0.2) is 0 Å². The van der Waals surface area contributed by atoms with Crippen LogP contribution < -0.4 is 4.72 Å². The normalized spacial score (nSPS) is 26.2. The van der Waals surface area contributed by atoms with Crippen LogP contribution in [0.3, 0.4) is 0 Å². The van der Waals surface area contributed by atoms with Gasteiger partial charge in [0.25, 0.3) is 10.2 Å². The first-order valence-corrected chi connectivity index (χ1v) is 11.0. The van der Waals surface area contributed by atoms with Crippen molar-refractivity contribution in [1.82, 2.24) is 13.9 Å². The first-order valence-electron chi connectivity index (χ1n) is 9.57. The van der Waals surface area contributed by atoms with Crippen LogP contribution in [-0.4, -0.2) is 82.2 Å². The Labute approximate surface area is 157 Å². The van der Waals surface area contributed by atoms with Crippen LogP contribution in [0.5, 0.6) is 0 Å². The maximum absolute atomic E-state index is 12.6. The highest BCUT2D eigenvalue weighted by Crippen LogP contribution is 2.20. The summed E-state index contributed by atoms with van der Waals surface area (Å²) >= 11 is 0. The third-order valence-corrected chi connectivity index (χ3v) is 6.23. The number of nitrogens with zero attached hydrogens (tertiary/aromatic N) is 2. The fourth-order valence-electron chi connectivity index (χ4n) is 3.49. The molecule has 1 N–H and O–H groups in total. The lowest BCUT2D eigenvalue weighted by atomic mass is 10.0. The maximum Gasteiger partial charge on any atom is 0.310 e. The predicted octanol–water partition coefficient (Wildman–Crippen LogP) is 0.453. The number of piperidine rings is 1. The molecule has 0 unspecified atom stereocenters. The molecular weight excluding hydrogens is 358 g/mol. The Kier molecular flexibility index (Phi) is 8.28. The number of rotatable bonds is 8. The number of carbonyl (C=O) groups excluding carboxylic acids is 1. The summed E-state index contributed by atoms with van der Waals surface area (Å²) in [6, 6.07) is 0. The first-order chi connectivity index (χ1) is 12.3. The smallest absolute Gasteiger partial charge is 0.310 e. The van der Waals surface area contributed by atoms with E-state index in [-0.39, 0.29) is 31.1 Å². The Hall–Kier alpha value is -0.740. The van der Waals surface area contributed by atoms with E-state index in [4.69, 9.17) is 9.47 Å². The van der Waals surface area contributed by atoms with Crippen molar-refractivity contribution in [2.24, 2.45) is 11.8 Å². The summed E-state index contributed by atoms with van der Waals surface area (Å²) in [5.74, 6) is -0.126. The third-order valence-electron chi connectivity index (χ3n) is 4.68. The van der Waals surface area contributed by atoms with E-state index >= 15 is 0 Å². The third kappa shape index (κ3) is 6.45. The molecule has 2 aliphatic rings. The molecule has 2 aliphatic heterocycles. The Morgan fingerprint density at radius 1 is 1.31 bits per heavy atom. The molecule has 9 heteroatoms. The molecule has 26 heavy (non-hydrogen) atoms. The quantitative estimate of drug-likeness (QED) is 0.605. The number of ether oxygens (including phenoxy) is 2. The molecule has 0 spiro atoms. The van der Waals surface area contributed by atoms with Gasteiger partial charge in [0, 0.05) is 39.3 Å². The Balaban J connectivity index is 1.84. The zero-order valence-corrected chi connectivity index (χ0v) is 17.0. The summed E-state index contributed by atoms with van der Waals surface area (Å²) in [7, 11) is -3.63. The number of esters is 1. The molecule has 0 saturated carbocycles. The molecule has 0 aliphatic carbocycles. The Morgan fingerprint density at radius 2 is 2.08 bits per heavy atom. The van der Waals surface area contributed by atoms with Crippen molar-refractivity contribution in [3.05, 3.63) is 0 Å². The van der Waals surface area contributed by atoms with Crippen LogP contribution in [0.15, 0.2) is 0 Å². The van der Waals surface area contributed by atoms with Crippen LogP contribution in [-0.2, 0) is 24.5 Å². The van der Waals surface area contributed by atoms with Gasteiger partial charge >= 0.3 is 5.97 Å². The second-order valence-electron chi connectivity index (χ2n) is 7.45. The molecule has 152 valence electrons. The maximum atomic E-state index is 12.6. The number of hydrogen-bond donors (Lipinski definition) is 1. The minimum absolute atomic E-state index is 0.150. The van der Waals surface area contributed by atoms with Crippen LogP contribution in [0.1, 0.15) is 33.6 Å². The van der Waals surface area contributed by atoms with Gasteiger partial charge in [-0.05, 0) is 25.7 Å². The van der Waals surface area contributed by atoms with Crippen molar-refractivity contribution in [1.29, 1.82) is 0 Å². The second kappa shape index (κ2) is 9.98. The fourth-order valence-corrected chi connectivity index (χ4v) is 4.81. The van der Waals surface area contributed by atoms with Gasteiger partial charge in [0.1, 0.15) is 0 Å². The minimum Gasteiger partial charge on any atom is -0.466 e. The molecule has 8 nitrogen and oxygen atoms in total. The highest BCUT2D eigenvalue weighted by atomic mass is 32.2. The topological polar surface area (TPSA) is 88.2 Å². The average Bonchev–Trinajstić information content (AvgIpc) is 2.60. The van der Waals surface area contributed by atoms with E-state index in [2.05, 4.69) is 23.5 Å². The van der Waals surface area contributed by atoms with Crippen molar-refractivity contribution < 1.29 is 22.7 Å². The Morgan fingerprint density at radius 3 is 2.77 bits per heavy atom. The molecule has 0 amide bonds. The average molecular weight is 392 g/mol. The van der Waals surface area contributed by atoms with E-state index in [1.807, 2.05) is 0 Å². The van der Waals surface area contributed by atoms with Crippen molar-refractivity contribution in [2.75, 3.05) is 52.5 Å². The largest absolute Gasteiger partial charge is 0.466 e. The lowest BCUT2D eigenvalue weighted by Crippen LogP contribution is -2.52. The summed E-state index contributed by atoms with van der Waals surface area (Å²) in [6.07, 6.45) is 1.18. The van der Waals surface area contributed by atoms with Crippen LogP contribution in [0.2, 0.25) is 0 Å². The van der Waals surface area contributed by atoms with E-state index in [0.717, 1.165) is 19.6 Å². The van der Waals surface area contributed by atoms with Gasteiger partial charge in [-0.3, -0.25) is 9.69 Å². The summed E-state index contributed by atoms with van der Waals surface area (Å²) in [5.41, 5.74) is 0. The molecule has 0 radical (unpaired) electrons. The number of nitrogens with one attached hydrogen (secondary N) is 1. The van der Waals surface area contributed by atoms with Crippen LogP contribution in [0.4, 0.5) is 0 Å². The van der Waals surface area contributed by atoms with E-state index in [0.29, 0.717) is 38.5 Å². The van der Waals surface area contributed by atoms with Crippen molar-refractivity contribution >= 4 is 16.2 Å². The van der Waals surface area contributed by atoms with E-state index in [9.17, 15) is 13.2 Å². The first kappa shape index (κ1) is 21.6. The summed E-state index contributed by atoms with van der Waals surface area (Å²) in [6.45, 7) is 10.5. The zero-order valence-electron chi connectivity index (χ0n) is 16.1. The molecule has 0 aromatic heterocycles. The molecule has 2 heterocycles. The van der Waals surface area contributed by atoms with Gasteiger partial charge < -0.3 is 9.47 Å². The molecule has 0 aromatic carbocycles. The van der Waals surface area contributed by atoms with Crippen LogP contribution in [0, 0.1) is 11.8 Å². The zero-order chi connectivity index (χ0) is 19.2. The molecule has 2 fully saturated rings.